The molecule has 144 valence electrons. The van der Waals surface area contributed by atoms with Crippen molar-refractivity contribution in [1.29, 1.82) is 0 Å². The molecular weight excluding hydrogens is 382 g/mol. The number of nitrogens with zero attached hydrogens (tertiary/aromatic N) is 3. The predicted octanol–water partition coefficient (Wildman–Crippen LogP) is 4.39. The Morgan fingerprint density at radius 2 is 2.03 bits per heavy atom. The van der Waals surface area contributed by atoms with Gasteiger partial charge >= 0.3 is 0 Å². The Morgan fingerprint density at radius 1 is 1.10 bits per heavy atom. The summed E-state index contributed by atoms with van der Waals surface area (Å²) in [5, 5.41) is 11.7. The molecule has 1 aliphatic rings. The highest BCUT2D eigenvalue weighted by Gasteiger charge is 2.13. The number of benzene rings is 2. The quantitative estimate of drug-likeness (QED) is 0.383. The highest BCUT2D eigenvalue weighted by Crippen LogP contribution is 2.27. The number of anilines is 1. The van der Waals surface area contributed by atoms with E-state index in [0.717, 1.165) is 40.2 Å². The topological polar surface area (TPSA) is 83.6 Å². The van der Waals surface area contributed by atoms with Crippen molar-refractivity contribution in [2.45, 2.75) is 30.0 Å². The highest BCUT2D eigenvalue weighted by atomic mass is 32.2. The van der Waals surface area contributed by atoms with Gasteiger partial charge < -0.3 is 5.32 Å². The van der Waals surface area contributed by atoms with E-state index in [1.54, 1.807) is 18.0 Å². The van der Waals surface area contributed by atoms with Crippen molar-refractivity contribution >= 4 is 34.4 Å². The second kappa shape index (κ2) is 7.67. The van der Waals surface area contributed by atoms with Gasteiger partial charge in [0.2, 0.25) is 0 Å². The summed E-state index contributed by atoms with van der Waals surface area (Å²) in [6.45, 7) is 0. The number of aryl methyl sites for hydroxylation is 2. The fraction of sp³-hybridized carbons (Fsp3) is 0.182. The van der Waals surface area contributed by atoms with Crippen molar-refractivity contribution in [1.82, 2.24) is 20.2 Å². The third-order valence-corrected chi connectivity index (χ3v) is 6.21. The molecule has 7 heteroatoms. The monoisotopic (exact) mass is 401 g/mol. The molecule has 0 unspecified atom stereocenters. The Hall–Kier alpha value is -3.19. The largest absolute Gasteiger partial charge is 0.322 e. The molecule has 0 atom stereocenters. The summed E-state index contributed by atoms with van der Waals surface area (Å²) in [7, 11) is 0. The van der Waals surface area contributed by atoms with E-state index in [1.807, 2.05) is 30.3 Å². The number of hydrogen-bond donors (Lipinski definition) is 2. The molecule has 2 aromatic carbocycles. The van der Waals surface area contributed by atoms with E-state index in [2.05, 4.69) is 37.6 Å². The van der Waals surface area contributed by atoms with E-state index in [-0.39, 0.29) is 5.91 Å². The zero-order valence-corrected chi connectivity index (χ0v) is 16.5. The van der Waals surface area contributed by atoms with Gasteiger partial charge in [-0.05, 0) is 60.2 Å². The second-order valence-electron chi connectivity index (χ2n) is 7.09. The Morgan fingerprint density at radius 3 is 3.00 bits per heavy atom. The molecular formula is C22H19N5OS. The molecule has 2 aromatic heterocycles. The minimum atomic E-state index is -0.0888. The SMILES string of the molecule is O=C(Nc1ccc2c(c1)CCC2)c1cccc(CSc2ncnc3[nH]ncc23)c1. The standard InChI is InChI=1S/C22H19N5OS/c28-21(26-18-8-7-15-4-2-5-16(15)10-18)17-6-1-3-14(9-17)12-29-22-19-11-25-27-20(19)23-13-24-22/h1,3,6-11,13H,2,4-5,12H2,(H,26,28)(H,23,24,25,27). The van der Waals surface area contributed by atoms with Crippen LogP contribution in [0, 0.1) is 0 Å². The maximum absolute atomic E-state index is 12.7. The fourth-order valence-electron chi connectivity index (χ4n) is 3.66. The van der Waals surface area contributed by atoms with E-state index in [1.165, 1.54) is 23.9 Å². The van der Waals surface area contributed by atoms with Gasteiger partial charge in [0.25, 0.3) is 5.91 Å². The number of thioether (sulfide) groups is 1. The lowest BCUT2D eigenvalue weighted by Crippen LogP contribution is -2.12. The molecule has 2 N–H and O–H groups in total. The maximum Gasteiger partial charge on any atom is 0.255 e. The van der Waals surface area contributed by atoms with Crippen LogP contribution in [0.3, 0.4) is 0 Å². The van der Waals surface area contributed by atoms with Gasteiger partial charge in [0.05, 0.1) is 11.6 Å². The van der Waals surface area contributed by atoms with Crippen LogP contribution in [-0.2, 0) is 18.6 Å². The van der Waals surface area contributed by atoms with Crippen LogP contribution in [0.15, 0.2) is 60.0 Å². The van der Waals surface area contributed by atoms with Crippen LogP contribution in [0.4, 0.5) is 5.69 Å². The summed E-state index contributed by atoms with van der Waals surface area (Å²) >= 11 is 1.60. The molecule has 1 aliphatic carbocycles. The van der Waals surface area contributed by atoms with Gasteiger partial charge in [-0.2, -0.15) is 5.10 Å². The third kappa shape index (κ3) is 3.73. The fourth-order valence-corrected chi connectivity index (χ4v) is 4.57. The van der Waals surface area contributed by atoms with Crippen LogP contribution in [-0.4, -0.2) is 26.1 Å². The number of nitrogens with one attached hydrogen (secondary N) is 2. The number of aromatic nitrogens is 4. The van der Waals surface area contributed by atoms with Gasteiger partial charge in [-0.25, -0.2) is 9.97 Å². The van der Waals surface area contributed by atoms with Crippen LogP contribution in [0.25, 0.3) is 11.0 Å². The van der Waals surface area contributed by atoms with Crippen molar-refractivity contribution in [2.24, 2.45) is 0 Å². The van der Waals surface area contributed by atoms with Crippen molar-refractivity contribution in [3.8, 4) is 0 Å². The van der Waals surface area contributed by atoms with Gasteiger partial charge in [-0.1, -0.05) is 18.2 Å². The number of aromatic amines is 1. The molecule has 0 saturated heterocycles. The maximum atomic E-state index is 12.7. The van der Waals surface area contributed by atoms with E-state index in [4.69, 9.17) is 0 Å². The molecule has 0 bridgehead atoms. The number of rotatable bonds is 5. The molecule has 0 fully saturated rings. The van der Waals surface area contributed by atoms with Crippen LogP contribution in [0.5, 0.6) is 0 Å². The molecule has 6 nitrogen and oxygen atoms in total. The number of hydrogen-bond acceptors (Lipinski definition) is 5. The highest BCUT2D eigenvalue weighted by molar-refractivity contribution is 7.98. The van der Waals surface area contributed by atoms with E-state index < -0.39 is 0 Å². The Kier molecular flexibility index (Phi) is 4.73. The van der Waals surface area contributed by atoms with Gasteiger partial charge in [-0.15, -0.1) is 11.8 Å². The predicted molar refractivity (Wildman–Crippen MR) is 114 cm³/mol. The van der Waals surface area contributed by atoms with E-state index in [9.17, 15) is 4.79 Å². The molecule has 0 saturated carbocycles. The summed E-state index contributed by atoms with van der Waals surface area (Å²) in [6.07, 6.45) is 6.70. The first kappa shape index (κ1) is 17.9. The molecule has 29 heavy (non-hydrogen) atoms. The summed E-state index contributed by atoms with van der Waals surface area (Å²) in [6, 6.07) is 13.9. The Bertz CT molecular complexity index is 1200. The van der Waals surface area contributed by atoms with Crippen molar-refractivity contribution in [3.05, 3.63) is 77.2 Å². The van der Waals surface area contributed by atoms with Crippen molar-refractivity contribution < 1.29 is 4.79 Å². The minimum absolute atomic E-state index is 0.0888. The van der Waals surface area contributed by atoms with Crippen LogP contribution in [0.2, 0.25) is 0 Å². The summed E-state index contributed by atoms with van der Waals surface area (Å²) < 4.78 is 0. The summed E-state index contributed by atoms with van der Waals surface area (Å²) in [5.74, 6) is 0.617. The van der Waals surface area contributed by atoms with Crippen molar-refractivity contribution in [3.63, 3.8) is 0 Å². The van der Waals surface area contributed by atoms with Crippen LogP contribution in [0.1, 0.15) is 33.5 Å². The number of amides is 1. The number of H-pyrrole nitrogens is 1. The lowest BCUT2D eigenvalue weighted by molar-refractivity contribution is 0.102. The van der Waals surface area contributed by atoms with Gasteiger partial charge in [0, 0.05) is 17.0 Å². The average Bonchev–Trinajstić information content (AvgIpc) is 3.41. The summed E-state index contributed by atoms with van der Waals surface area (Å²) in [4.78, 5) is 21.2. The molecule has 0 spiro atoms. The Balaban J connectivity index is 1.29. The van der Waals surface area contributed by atoms with Crippen LogP contribution >= 0.6 is 11.8 Å². The van der Waals surface area contributed by atoms with Gasteiger partial charge in [0.1, 0.15) is 11.4 Å². The number of carbonyl (C=O) groups is 1. The molecule has 1 amide bonds. The normalized spacial score (nSPS) is 12.8. The van der Waals surface area contributed by atoms with E-state index >= 15 is 0 Å². The lowest BCUT2D eigenvalue weighted by Gasteiger charge is -2.09. The first-order chi connectivity index (χ1) is 14.3. The van der Waals surface area contributed by atoms with Gasteiger partial charge in [-0.3, -0.25) is 9.89 Å². The molecule has 0 radical (unpaired) electrons. The zero-order chi connectivity index (χ0) is 19.6. The Labute approximate surface area is 172 Å². The minimum Gasteiger partial charge on any atom is -0.322 e. The molecule has 4 aromatic rings. The second-order valence-corrected chi connectivity index (χ2v) is 8.06. The molecule has 0 aliphatic heterocycles. The number of fused-ring (bicyclic) bond motifs is 2. The van der Waals surface area contributed by atoms with Crippen LogP contribution < -0.4 is 5.32 Å². The van der Waals surface area contributed by atoms with E-state index in [0.29, 0.717) is 11.3 Å². The first-order valence-electron chi connectivity index (χ1n) is 9.55. The molecule has 5 rings (SSSR count). The van der Waals surface area contributed by atoms with Crippen molar-refractivity contribution in [2.75, 3.05) is 5.32 Å². The smallest absolute Gasteiger partial charge is 0.255 e. The summed E-state index contributed by atoms with van der Waals surface area (Å²) in [5.41, 5.74) is 6.05. The number of carbonyl (C=O) groups excluding carboxylic acids is 1. The zero-order valence-electron chi connectivity index (χ0n) is 15.7. The molecule has 2 heterocycles. The lowest BCUT2D eigenvalue weighted by atomic mass is 10.1. The third-order valence-electron chi connectivity index (χ3n) is 5.13. The van der Waals surface area contributed by atoms with Gasteiger partial charge in [0.15, 0.2) is 5.65 Å². The average molecular weight is 401 g/mol. The first-order valence-corrected chi connectivity index (χ1v) is 10.5.